The lowest BCUT2D eigenvalue weighted by molar-refractivity contribution is -0.386. The van der Waals surface area contributed by atoms with Crippen molar-refractivity contribution in [3.8, 4) is 11.3 Å². The molecule has 2 heterocycles. The predicted molar refractivity (Wildman–Crippen MR) is 99.8 cm³/mol. The number of nitrogens with one attached hydrogen (secondary N) is 2. The third-order valence-corrected chi connectivity index (χ3v) is 4.22. The van der Waals surface area contributed by atoms with E-state index in [1.165, 1.54) is 12.2 Å². The predicted octanol–water partition coefficient (Wildman–Crippen LogP) is 3.47. The molecule has 0 aliphatic carbocycles. The van der Waals surface area contributed by atoms with Gasteiger partial charge in [-0.2, -0.15) is 0 Å². The topological polar surface area (TPSA) is 122 Å². The third-order valence-electron chi connectivity index (χ3n) is 3.56. The molecule has 0 spiro atoms. The van der Waals surface area contributed by atoms with Crippen molar-refractivity contribution in [1.82, 2.24) is 9.97 Å². The van der Waals surface area contributed by atoms with Gasteiger partial charge in [0, 0.05) is 10.0 Å². The summed E-state index contributed by atoms with van der Waals surface area (Å²) in [5.41, 5.74) is -0.901. The van der Waals surface area contributed by atoms with E-state index in [0.717, 1.165) is 15.6 Å². The van der Waals surface area contributed by atoms with Gasteiger partial charge < -0.3 is 9.40 Å². The van der Waals surface area contributed by atoms with E-state index in [2.05, 4.69) is 20.9 Å². The van der Waals surface area contributed by atoms with Gasteiger partial charge in [0.2, 0.25) is 0 Å². The molecule has 0 saturated heterocycles. The van der Waals surface area contributed by atoms with Crippen molar-refractivity contribution in [3.05, 3.63) is 82.8 Å². The number of aromatic amines is 2. The van der Waals surface area contributed by atoms with Gasteiger partial charge in [0.25, 0.3) is 0 Å². The van der Waals surface area contributed by atoms with E-state index in [0.29, 0.717) is 11.5 Å². The van der Waals surface area contributed by atoms with Gasteiger partial charge in [-0.05, 0) is 48.9 Å². The Morgan fingerprint density at radius 3 is 2.62 bits per heavy atom. The Labute approximate surface area is 154 Å². The van der Waals surface area contributed by atoms with Crippen molar-refractivity contribution >= 4 is 33.8 Å². The summed E-state index contributed by atoms with van der Waals surface area (Å²) in [6, 6.07) is 9.24. The van der Waals surface area contributed by atoms with Crippen LogP contribution in [0.5, 0.6) is 0 Å². The number of aryl methyl sites for hydroxylation is 1. The van der Waals surface area contributed by atoms with E-state index >= 15 is 0 Å². The fraction of sp³-hybridized carbons (Fsp3) is 0.0588. The number of H-pyrrole nitrogens is 2. The van der Waals surface area contributed by atoms with Gasteiger partial charge in [-0.15, -0.1) is 0 Å². The average molecular weight is 418 g/mol. The second-order valence-electron chi connectivity index (χ2n) is 5.45. The lowest BCUT2D eigenvalue weighted by atomic mass is 10.1. The number of hydrogen-bond acceptors (Lipinski definition) is 5. The van der Waals surface area contributed by atoms with Crippen LogP contribution in [-0.2, 0) is 0 Å². The molecule has 9 heteroatoms. The summed E-state index contributed by atoms with van der Waals surface area (Å²) in [6.45, 7) is 1.97. The van der Waals surface area contributed by atoms with Crippen molar-refractivity contribution in [3.63, 3.8) is 0 Å². The molecule has 0 aliphatic rings. The summed E-state index contributed by atoms with van der Waals surface area (Å²) in [4.78, 5) is 37.2. The van der Waals surface area contributed by atoms with Crippen LogP contribution < -0.4 is 11.2 Å². The molecule has 8 nitrogen and oxygen atoms in total. The van der Waals surface area contributed by atoms with Gasteiger partial charge in [0.1, 0.15) is 17.2 Å². The summed E-state index contributed by atoms with van der Waals surface area (Å²) in [5.74, 6) is 1.01. The van der Waals surface area contributed by atoms with Gasteiger partial charge in [0.15, 0.2) is 0 Å². The first-order valence-electron chi connectivity index (χ1n) is 7.40. The largest absolute Gasteiger partial charge is 0.457 e. The zero-order valence-electron chi connectivity index (χ0n) is 13.4. The quantitative estimate of drug-likeness (QED) is 0.496. The van der Waals surface area contributed by atoms with Crippen LogP contribution in [0, 0.1) is 17.0 Å². The van der Waals surface area contributed by atoms with Gasteiger partial charge in [0.05, 0.1) is 4.92 Å². The number of nitro groups is 1. The SMILES string of the molecule is Cc1ccc(-c2ccc(/C=C/c3[nH]c(=O)[nH]c(=O)c3[N+](=O)[O-])o2)c(Br)c1. The standard InChI is InChI=1S/C17H12BrN3O5/c1-9-2-5-11(12(18)8-9)14-7-4-10(26-14)3-6-13-15(21(24)25)16(22)20-17(23)19-13/h2-8H,1H3,(H2,19,20,22,23)/b6-3+. The van der Waals surface area contributed by atoms with Gasteiger partial charge in [-0.25, -0.2) is 4.79 Å². The van der Waals surface area contributed by atoms with Crippen LogP contribution in [0.15, 0.2) is 48.8 Å². The minimum Gasteiger partial charge on any atom is -0.457 e. The van der Waals surface area contributed by atoms with E-state index in [4.69, 9.17) is 4.42 Å². The molecule has 0 radical (unpaired) electrons. The summed E-state index contributed by atoms with van der Waals surface area (Å²) < 4.78 is 6.58. The van der Waals surface area contributed by atoms with E-state index in [1.54, 1.807) is 12.1 Å². The fourth-order valence-electron chi connectivity index (χ4n) is 2.37. The van der Waals surface area contributed by atoms with Gasteiger partial charge >= 0.3 is 16.9 Å². The summed E-state index contributed by atoms with van der Waals surface area (Å²) in [6.07, 6.45) is 2.69. The molecule has 0 bridgehead atoms. The summed E-state index contributed by atoms with van der Waals surface area (Å²) in [7, 11) is 0. The highest BCUT2D eigenvalue weighted by atomic mass is 79.9. The maximum absolute atomic E-state index is 11.6. The monoisotopic (exact) mass is 417 g/mol. The molecule has 0 amide bonds. The number of furan rings is 1. The van der Waals surface area contributed by atoms with Crippen molar-refractivity contribution < 1.29 is 9.34 Å². The molecule has 0 unspecified atom stereocenters. The van der Waals surface area contributed by atoms with Crippen LogP contribution in [0.3, 0.4) is 0 Å². The maximum atomic E-state index is 11.6. The summed E-state index contributed by atoms with van der Waals surface area (Å²) >= 11 is 3.48. The lowest BCUT2D eigenvalue weighted by Crippen LogP contribution is -2.25. The minimum atomic E-state index is -1.07. The highest BCUT2D eigenvalue weighted by molar-refractivity contribution is 9.10. The number of aromatic nitrogens is 2. The van der Waals surface area contributed by atoms with Crippen LogP contribution in [0.25, 0.3) is 23.5 Å². The van der Waals surface area contributed by atoms with E-state index in [1.807, 2.05) is 30.1 Å². The second-order valence-corrected chi connectivity index (χ2v) is 6.30. The molecule has 132 valence electrons. The van der Waals surface area contributed by atoms with Crippen LogP contribution in [0.2, 0.25) is 0 Å². The Hall–Kier alpha value is -3.20. The molecule has 3 aromatic rings. The number of halogens is 1. The average Bonchev–Trinajstić information content (AvgIpc) is 3.00. The Balaban J connectivity index is 1.96. The molecule has 2 N–H and O–H groups in total. The zero-order chi connectivity index (χ0) is 18.8. The third kappa shape index (κ3) is 3.57. The number of rotatable bonds is 4. The first-order chi connectivity index (χ1) is 12.3. The van der Waals surface area contributed by atoms with Crippen LogP contribution in [-0.4, -0.2) is 14.9 Å². The summed E-state index contributed by atoms with van der Waals surface area (Å²) in [5, 5.41) is 11.0. The fourth-order valence-corrected chi connectivity index (χ4v) is 3.06. The van der Waals surface area contributed by atoms with Crippen LogP contribution >= 0.6 is 15.9 Å². The van der Waals surface area contributed by atoms with Crippen molar-refractivity contribution in [1.29, 1.82) is 0 Å². The minimum absolute atomic E-state index is 0.210. The zero-order valence-corrected chi connectivity index (χ0v) is 15.0. The number of benzene rings is 1. The van der Waals surface area contributed by atoms with Crippen molar-refractivity contribution in [2.45, 2.75) is 6.92 Å². The molecule has 0 saturated carbocycles. The highest BCUT2D eigenvalue weighted by Gasteiger charge is 2.19. The number of hydrogen-bond donors (Lipinski definition) is 2. The van der Waals surface area contributed by atoms with Crippen LogP contribution in [0.4, 0.5) is 5.69 Å². The molecular weight excluding hydrogens is 406 g/mol. The smallest absolute Gasteiger partial charge is 0.357 e. The molecular formula is C17H12BrN3O5. The molecule has 3 rings (SSSR count). The lowest BCUT2D eigenvalue weighted by Gasteiger charge is -2.02. The number of nitrogens with zero attached hydrogens (tertiary/aromatic N) is 1. The molecule has 2 aromatic heterocycles. The maximum Gasteiger partial charge on any atom is 0.357 e. The molecule has 1 aromatic carbocycles. The second kappa shape index (κ2) is 6.96. The van der Waals surface area contributed by atoms with Gasteiger partial charge in [-0.1, -0.05) is 22.0 Å². The first kappa shape index (κ1) is 17.6. The molecule has 26 heavy (non-hydrogen) atoms. The van der Waals surface area contributed by atoms with E-state index in [-0.39, 0.29) is 5.69 Å². The first-order valence-corrected chi connectivity index (χ1v) is 8.20. The van der Waals surface area contributed by atoms with E-state index in [9.17, 15) is 19.7 Å². The van der Waals surface area contributed by atoms with Crippen molar-refractivity contribution in [2.24, 2.45) is 0 Å². The van der Waals surface area contributed by atoms with Crippen molar-refractivity contribution in [2.75, 3.05) is 0 Å². The Bertz CT molecular complexity index is 1140. The van der Waals surface area contributed by atoms with E-state index < -0.39 is 21.9 Å². The molecule has 0 atom stereocenters. The van der Waals surface area contributed by atoms with Gasteiger partial charge in [-0.3, -0.25) is 19.9 Å². The molecule has 0 fully saturated rings. The Kier molecular flexibility index (Phi) is 4.72. The molecule has 0 aliphatic heterocycles. The Morgan fingerprint density at radius 2 is 1.92 bits per heavy atom. The normalized spacial score (nSPS) is 11.2. The Morgan fingerprint density at radius 1 is 1.15 bits per heavy atom. The van der Waals surface area contributed by atoms with Crippen LogP contribution in [0.1, 0.15) is 17.0 Å². The highest BCUT2D eigenvalue weighted by Crippen LogP contribution is 2.31.